The van der Waals surface area contributed by atoms with E-state index in [0.717, 1.165) is 24.8 Å². The van der Waals surface area contributed by atoms with Gasteiger partial charge in [-0.1, -0.05) is 26.8 Å². The minimum atomic E-state index is -0.265. The molecule has 1 aromatic rings. The molecule has 0 bridgehead atoms. The van der Waals surface area contributed by atoms with Crippen molar-refractivity contribution < 1.29 is 23.8 Å². The van der Waals surface area contributed by atoms with Gasteiger partial charge in [0.1, 0.15) is 0 Å². The van der Waals surface area contributed by atoms with Crippen molar-refractivity contribution in [3.05, 3.63) is 23.8 Å². The molecule has 0 heterocycles. The van der Waals surface area contributed by atoms with Gasteiger partial charge < -0.3 is 19.1 Å². The molecule has 0 aromatic heterocycles. The SMILES string of the molecule is CCCOC(=O)Cc1ccc(OCC(=O)N(C)CCC)c(OCCC)c1. The molecule has 1 amide bonds. The van der Waals surface area contributed by atoms with Crippen molar-refractivity contribution in [2.75, 3.05) is 33.4 Å². The lowest BCUT2D eigenvalue weighted by Gasteiger charge is -2.18. The highest BCUT2D eigenvalue weighted by Crippen LogP contribution is 2.29. The van der Waals surface area contributed by atoms with Gasteiger partial charge in [0.2, 0.25) is 0 Å². The molecule has 0 fully saturated rings. The third-order valence-corrected chi connectivity index (χ3v) is 3.62. The van der Waals surface area contributed by atoms with Crippen molar-refractivity contribution >= 4 is 11.9 Å². The minimum Gasteiger partial charge on any atom is -0.490 e. The van der Waals surface area contributed by atoms with Crippen LogP contribution in [0.1, 0.15) is 45.6 Å². The molecule has 0 saturated heterocycles. The van der Waals surface area contributed by atoms with Gasteiger partial charge in [0.25, 0.3) is 5.91 Å². The second kappa shape index (κ2) is 12.2. The monoisotopic (exact) mass is 365 g/mol. The van der Waals surface area contributed by atoms with Crippen molar-refractivity contribution in [1.29, 1.82) is 0 Å². The van der Waals surface area contributed by atoms with Gasteiger partial charge in [0.15, 0.2) is 18.1 Å². The molecule has 6 heteroatoms. The van der Waals surface area contributed by atoms with Gasteiger partial charge in [-0.25, -0.2) is 0 Å². The van der Waals surface area contributed by atoms with Crippen LogP contribution in [0.25, 0.3) is 0 Å². The molecule has 0 unspecified atom stereocenters. The Morgan fingerprint density at radius 3 is 2.35 bits per heavy atom. The Morgan fingerprint density at radius 2 is 1.69 bits per heavy atom. The maximum absolute atomic E-state index is 12.0. The van der Waals surface area contributed by atoms with Gasteiger partial charge >= 0.3 is 5.97 Å². The summed E-state index contributed by atoms with van der Waals surface area (Å²) in [7, 11) is 1.76. The molecule has 1 rings (SSSR count). The zero-order valence-electron chi connectivity index (χ0n) is 16.4. The first-order valence-corrected chi connectivity index (χ1v) is 9.29. The summed E-state index contributed by atoms with van der Waals surface area (Å²) in [5, 5.41) is 0. The van der Waals surface area contributed by atoms with Crippen LogP contribution in [0.15, 0.2) is 18.2 Å². The minimum absolute atomic E-state index is 0.0448. The molecule has 6 nitrogen and oxygen atoms in total. The number of carbonyl (C=O) groups excluding carboxylic acids is 2. The van der Waals surface area contributed by atoms with Gasteiger partial charge in [-0.05, 0) is 37.0 Å². The van der Waals surface area contributed by atoms with Crippen LogP contribution in [-0.2, 0) is 20.7 Å². The zero-order valence-corrected chi connectivity index (χ0v) is 16.4. The van der Waals surface area contributed by atoms with Gasteiger partial charge in [0.05, 0.1) is 19.6 Å². The topological polar surface area (TPSA) is 65.1 Å². The Balaban J connectivity index is 2.77. The highest BCUT2D eigenvalue weighted by atomic mass is 16.5. The standard InChI is InChI=1S/C20H31NO5/c1-5-10-21(4)19(22)15-26-17-9-8-16(13-18(17)24-11-6-2)14-20(23)25-12-7-3/h8-9,13H,5-7,10-12,14-15H2,1-4H3. The van der Waals surface area contributed by atoms with Crippen molar-refractivity contribution in [2.45, 2.75) is 46.5 Å². The van der Waals surface area contributed by atoms with E-state index < -0.39 is 0 Å². The normalized spacial score (nSPS) is 10.3. The first-order chi connectivity index (χ1) is 12.5. The van der Waals surface area contributed by atoms with Crippen LogP contribution in [0.2, 0.25) is 0 Å². The molecule has 0 aliphatic rings. The van der Waals surface area contributed by atoms with E-state index in [1.54, 1.807) is 30.1 Å². The average molecular weight is 365 g/mol. The summed E-state index contributed by atoms with van der Waals surface area (Å²) in [6, 6.07) is 5.31. The highest BCUT2D eigenvalue weighted by Gasteiger charge is 2.13. The average Bonchev–Trinajstić information content (AvgIpc) is 2.63. The lowest BCUT2D eigenvalue weighted by molar-refractivity contribution is -0.142. The third-order valence-electron chi connectivity index (χ3n) is 3.62. The molecule has 0 saturated carbocycles. The van der Waals surface area contributed by atoms with E-state index in [9.17, 15) is 9.59 Å². The number of benzene rings is 1. The van der Waals surface area contributed by atoms with Crippen LogP contribution < -0.4 is 9.47 Å². The molecule has 0 aliphatic heterocycles. The molecular weight excluding hydrogens is 334 g/mol. The Hall–Kier alpha value is -2.24. The number of nitrogens with zero attached hydrogens (tertiary/aromatic N) is 1. The van der Waals surface area contributed by atoms with Crippen molar-refractivity contribution in [2.24, 2.45) is 0 Å². The number of esters is 1. The van der Waals surface area contributed by atoms with Crippen molar-refractivity contribution in [1.82, 2.24) is 4.90 Å². The largest absolute Gasteiger partial charge is 0.490 e. The lowest BCUT2D eigenvalue weighted by atomic mass is 10.1. The van der Waals surface area contributed by atoms with E-state index >= 15 is 0 Å². The van der Waals surface area contributed by atoms with Crippen LogP contribution in [0.3, 0.4) is 0 Å². The number of rotatable bonds is 12. The molecule has 1 aromatic carbocycles. The fraction of sp³-hybridized carbons (Fsp3) is 0.600. The number of hydrogen-bond donors (Lipinski definition) is 0. The fourth-order valence-corrected chi connectivity index (χ4v) is 2.25. The summed E-state index contributed by atoms with van der Waals surface area (Å²) in [6.45, 7) is 7.59. The molecule has 0 atom stereocenters. The maximum Gasteiger partial charge on any atom is 0.310 e. The van der Waals surface area contributed by atoms with Crippen molar-refractivity contribution in [3.8, 4) is 11.5 Å². The molecule has 0 radical (unpaired) electrons. The number of hydrogen-bond acceptors (Lipinski definition) is 5. The molecule has 0 aliphatic carbocycles. The lowest BCUT2D eigenvalue weighted by Crippen LogP contribution is -2.32. The Labute approximate surface area is 156 Å². The van der Waals surface area contributed by atoms with Gasteiger partial charge in [-0.2, -0.15) is 0 Å². The van der Waals surface area contributed by atoms with Gasteiger partial charge in [-0.15, -0.1) is 0 Å². The predicted octanol–water partition coefficient (Wildman–Crippen LogP) is 3.22. The predicted molar refractivity (Wildman–Crippen MR) is 101 cm³/mol. The van der Waals surface area contributed by atoms with E-state index in [-0.39, 0.29) is 24.9 Å². The van der Waals surface area contributed by atoms with E-state index in [4.69, 9.17) is 14.2 Å². The van der Waals surface area contributed by atoms with Crippen LogP contribution in [0.4, 0.5) is 0 Å². The molecule has 26 heavy (non-hydrogen) atoms. The number of likely N-dealkylation sites (N-methyl/N-ethyl adjacent to an activating group) is 1. The van der Waals surface area contributed by atoms with Crippen LogP contribution >= 0.6 is 0 Å². The Morgan fingerprint density at radius 1 is 0.962 bits per heavy atom. The first kappa shape index (κ1) is 21.8. The highest BCUT2D eigenvalue weighted by molar-refractivity contribution is 5.77. The second-order valence-electron chi connectivity index (χ2n) is 6.13. The Kier molecular flexibility index (Phi) is 10.2. The smallest absolute Gasteiger partial charge is 0.310 e. The summed E-state index contributed by atoms with van der Waals surface area (Å²) in [6.07, 6.45) is 2.72. The number of ether oxygens (including phenoxy) is 3. The molecule has 0 spiro atoms. The summed E-state index contributed by atoms with van der Waals surface area (Å²) < 4.78 is 16.5. The first-order valence-electron chi connectivity index (χ1n) is 9.29. The third kappa shape index (κ3) is 7.76. The van der Waals surface area contributed by atoms with Crippen LogP contribution in [-0.4, -0.2) is 50.2 Å². The fourth-order valence-electron chi connectivity index (χ4n) is 2.25. The maximum atomic E-state index is 12.0. The molecular formula is C20H31NO5. The van der Waals surface area contributed by atoms with Crippen LogP contribution in [0, 0.1) is 0 Å². The second-order valence-corrected chi connectivity index (χ2v) is 6.13. The molecule has 146 valence electrons. The van der Waals surface area contributed by atoms with Crippen LogP contribution in [0.5, 0.6) is 11.5 Å². The quantitative estimate of drug-likeness (QED) is 0.532. The number of carbonyl (C=O) groups is 2. The number of amides is 1. The van der Waals surface area contributed by atoms with E-state index in [2.05, 4.69) is 0 Å². The molecule has 0 N–H and O–H groups in total. The Bertz CT molecular complexity index is 573. The zero-order chi connectivity index (χ0) is 19.4. The summed E-state index contributed by atoms with van der Waals surface area (Å²) in [5.74, 6) is 0.694. The van der Waals surface area contributed by atoms with Crippen molar-refractivity contribution in [3.63, 3.8) is 0 Å². The summed E-state index contributed by atoms with van der Waals surface area (Å²) in [5.41, 5.74) is 0.791. The summed E-state index contributed by atoms with van der Waals surface area (Å²) >= 11 is 0. The summed E-state index contributed by atoms with van der Waals surface area (Å²) in [4.78, 5) is 25.5. The van der Waals surface area contributed by atoms with E-state index in [0.29, 0.717) is 31.3 Å². The van der Waals surface area contributed by atoms with Gasteiger partial charge in [-0.3, -0.25) is 9.59 Å². The van der Waals surface area contributed by atoms with Gasteiger partial charge in [0, 0.05) is 13.6 Å². The van der Waals surface area contributed by atoms with E-state index in [1.807, 2.05) is 20.8 Å². The van der Waals surface area contributed by atoms with E-state index in [1.165, 1.54) is 0 Å².